The molecule has 148 valence electrons. The maximum atomic E-state index is 12.5. The van der Waals surface area contributed by atoms with Gasteiger partial charge < -0.3 is 10.5 Å². The fourth-order valence-corrected chi connectivity index (χ4v) is 3.89. The zero-order valence-electron chi connectivity index (χ0n) is 15.8. The number of methoxy groups -OCH3 is 1. The quantitative estimate of drug-likeness (QED) is 0.441. The number of benzene rings is 2. The van der Waals surface area contributed by atoms with Gasteiger partial charge in [-0.25, -0.2) is 4.98 Å². The van der Waals surface area contributed by atoms with Crippen LogP contribution in [0.5, 0.6) is 5.75 Å². The number of rotatable bonds is 6. The lowest BCUT2D eigenvalue weighted by molar-refractivity contribution is 0.102. The van der Waals surface area contributed by atoms with Gasteiger partial charge in [0, 0.05) is 21.7 Å². The number of Topliss-reactive ketones (excluding diaryl/α,β-unsaturated/α-hetero) is 1. The van der Waals surface area contributed by atoms with E-state index in [9.17, 15) is 15.3 Å². The summed E-state index contributed by atoms with van der Waals surface area (Å²) in [5.74, 6) is 0.368. The van der Waals surface area contributed by atoms with Crippen molar-refractivity contribution < 1.29 is 9.53 Å². The lowest BCUT2D eigenvalue weighted by atomic mass is 9.96. The van der Waals surface area contributed by atoms with Crippen LogP contribution in [0.3, 0.4) is 0 Å². The van der Waals surface area contributed by atoms with E-state index < -0.39 is 0 Å². The number of anilines is 1. The van der Waals surface area contributed by atoms with Crippen LogP contribution in [0.4, 0.5) is 5.82 Å². The standard InChI is InChI=1S/C22H15ClN4O2S/c1-29-19-5-3-2-4-15(19)20-16(10-24)21(26)27-22(17(20)11-25)30-12-18(28)13-6-8-14(23)9-7-13/h2-9H,12H2,1H3,(H2,26,27). The molecule has 1 aromatic heterocycles. The average Bonchev–Trinajstić information content (AvgIpc) is 2.77. The van der Waals surface area contributed by atoms with Crippen molar-refractivity contribution >= 4 is 35.0 Å². The van der Waals surface area contributed by atoms with E-state index in [0.29, 0.717) is 27.5 Å². The summed E-state index contributed by atoms with van der Waals surface area (Å²) >= 11 is 6.95. The molecule has 0 atom stereocenters. The highest BCUT2D eigenvalue weighted by molar-refractivity contribution is 8.00. The molecular formula is C22H15ClN4O2S. The van der Waals surface area contributed by atoms with E-state index in [2.05, 4.69) is 11.1 Å². The lowest BCUT2D eigenvalue weighted by Crippen LogP contribution is -2.06. The highest BCUT2D eigenvalue weighted by atomic mass is 35.5. The van der Waals surface area contributed by atoms with Gasteiger partial charge in [-0.2, -0.15) is 10.5 Å². The number of nitrogen functional groups attached to an aromatic ring is 1. The zero-order valence-corrected chi connectivity index (χ0v) is 17.4. The van der Waals surface area contributed by atoms with Gasteiger partial charge in [0.05, 0.1) is 18.4 Å². The molecule has 0 spiro atoms. The summed E-state index contributed by atoms with van der Waals surface area (Å²) in [4.78, 5) is 16.7. The van der Waals surface area contributed by atoms with Gasteiger partial charge in [-0.3, -0.25) is 4.79 Å². The third kappa shape index (κ3) is 4.23. The van der Waals surface area contributed by atoms with Crippen molar-refractivity contribution in [2.75, 3.05) is 18.6 Å². The number of para-hydroxylation sites is 1. The van der Waals surface area contributed by atoms with E-state index in [-0.39, 0.29) is 33.5 Å². The van der Waals surface area contributed by atoms with Gasteiger partial charge in [-0.05, 0) is 30.3 Å². The Bertz CT molecular complexity index is 1200. The summed E-state index contributed by atoms with van der Waals surface area (Å²) in [6.07, 6.45) is 0. The normalized spacial score (nSPS) is 10.1. The predicted molar refractivity (Wildman–Crippen MR) is 117 cm³/mol. The van der Waals surface area contributed by atoms with E-state index in [1.165, 1.54) is 7.11 Å². The first-order valence-corrected chi connectivity index (χ1v) is 10.0. The molecule has 0 amide bonds. The smallest absolute Gasteiger partial charge is 0.173 e. The molecule has 30 heavy (non-hydrogen) atoms. The van der Waals surface area contributed by atoms with Crippen molar-refractivity contribution in [3.05, 3.63) is 70.2 Å². The van der Waals surface area contributed by atoms with E-state index in [1.54, 1.807) is 48.5 Å². The minimum absolute atomic E-state index is 0.0150. The maximum Gasteiger partial charge on any atom is 0.173 e. The summed E-state index contributed by atoms with van der Waals surface area (Å²) in [6.45, 7) is 0. The molecule has 0 saturated carbocycles. The van der Waals surface area contributed by atoms with E-state index in [4.69, 9.17) is 22.1 Å². The van der Waals surface area contributed by atoms with Crippen LogP contribution in [-0.2, 0) is 0 Å². The number of pyridine rings is 1. The monoisotopic (exact) mass is 434 g/mol. The number of nitriles is 2. The van der Waals surface area contributed by atoms with Crippen molar-refractivity contribution in [3.8, 4) is 29.0 Å². The maximum absolute atomic E-state index is 12.5. The molecule has 0 aliphatic carbocycles. The summed E-state index contributed by atoms with van der Waals surface area (Å²) in [7, 11) is 1.50. The van der Waals surface area contributed by atoms with Gasteiger partial charge in [-0.1, -0.05) is 41.6 Å². The minimum atomic E-state index is -0.149. The average molecular weight is 435 g/mol. The van der Waals surface area contributed by atoms with Crippen LogP contribution in [0.15, 0.2) is 53.6 Å². The number of hydrogen-bond acceptors (Lipinski definition) is 7. The first kappa shape index (κ1) is 21.2. The molecule has 6 nitrogen and oxygen atoms in total. The SMILES string of the molecule is COc1ccccc1-c1c(C#N)c(N)nc(SCC(=O)c2ccc(Cl)cc2)c1C#N. The highest BCUT2D eigenvalue weighted by Gasteiger charge is 2.23. The Hall–Kier alpha value is -3.52. The van der Waals surface area contributed by atoms with Gasteiger partial charge in [0.1, 0.15) is 34.3 Å². The van der Waals surface area contributed by atoms with Crippen LogP contribution >= 0.6 is 23.4 Å². The molecule has 0 saturated heterocycles. The van der Waals surface area contributed by atoms with Gasteiger partial charge in [0.25, 0.3) is 0 Å². The first-order valence-electron chi connectivity index (χ1n) is 8.68. The van der Waals surface area contributed by atoms with Gasteiger partial charge >= 0.3 is 0 Å². The third-order valence-corrected chi connectivity index (χ3v) is 5.53. The molecule has 0 aliphatic heterocycles. The van der Waals surface area contributed by atoms with E-state index in [0.717, 1.165) is 11.8 Å². The minimum Gasteiger partial charge on any atom is -0.496 e. The Balaban J connectivity index is 2.05. The molecule has 0 fully saturated rings. The Morgan fingerprint density at radius 2 is 1.80 bits per heavy atom. The van der Waals surface area contributed by atoms with Crippen molar-refractivity contribution in [1.29, 1.82) is 10.5 Å². The van der Waals surface area contributed by atoms with Crippen molar-refractivity contribution in [2.45, 2.75) is 5.03 Å². The van der Waals surface area contributed by atoms with Gasteiger partial charge in [0.2, 0.25) is 0 Å². The molecular weight excluding hydrogens is 420 g/mol. The summed E-state index contributed by atoms with van der Waals surface area (Å²) < 4.78 is 5.39. The number of nitrogens with two attached hydrogens (primary N) is 1. The molecule has 2 N–H and O–H groups in total. The largest absolute Gasteiger partial charge is 0.496 e. The van der Waals surface area contributed by atoms with Crippen LogP contribution in [0.25, 0.3) is 11.1 Å². The van der Waals surface area contributed by atoms with Gasteiger partial charge in [0.15, 0.2) is 5.78 Å². The fraction of sp³-hybridized carbons (Fsp3) is 0.0909. The molecule has 1 heterocycles. The molecule has 0 bridgehead atoms. The fourth-order valence-electron chi connectivity index (χ4n) is 2.88. The second kappa shape index (κ2) is 9.32. The number of ketones is 1. The predicted octanol–water partition coefficient (Wildman–Crippen LogP) is 4.71. The molecule has 3 rings (SSSR count). The molecule has 0 unspecified atom stereocenters. The summed E-state index contributed by atoms with van der Waals surface area (Å²) in [5, 5.41) is 20.3. The lowest BCUT2D eigenvalue weighted by Gasteiger charge is -2.15. The summed E-state index contributed by atoms with van der Waals surface area (Å²) in [5.41, 5.74) is 7.66. The number of aromatic nitrogens is 1. The number of carbonyl (C=O) groups is 1. The molecule has 3 aromatic rings. The number of hydrogen-bond donors (Lipinski definition) is 1. The number of nitrogens with zero attached hydrogens (tertiary/aromatic N) is 3. The van der Waals surface area contributed by atoms with Crippen LogP contribution in [0, 0.1) is 22.7 Å². The Kier molecular flexibility index (Phi) is 6.58. The Morgan fingerprint density at radius 3 is 2.43 bits per heavy atom. The van der Waals surface area contributed by atoms with Crippen molar-refractivity contribution in [3.63, 3.8) is 0 Å². The number of thioether (sulfide) groups is 1. The Morgan fingerprint density at radius 1 is 1.13 bits per heavy atom. The molecule has 8 heteroatoms. The number of halogens is 1. The van der Waals surface area contributed by atoms with E-state index >= 15 is 0 Å². The zero-order chi connectivity index (χ0) is 21.7. The third-order valence-electron chi connectivity index (χ3n) is 4.30. The molecule has 0 aliphatic rings. The van der Waals surface area contributed by atoms with Gasteiger partial charge in [-0.15, -0.1) is 0 Å². The van der Waals surface area contributed by atoms with E-state index in [1.807, 2.05) is 6.07 Å². The second-order valence-corrected chi connectivity index (χ2v) is 7.47. The topological polar surface area (TPSA) is 113 Å². The number of ether oxygens (including phenoxy) is 1. The summed E-state index contributed by atoms with van der Waals surface area (Å²) in [6, 6.07) is 17.7. The van der Waals surface area contributed by atoms with Crippen LogP contribution < -0.4 is 10.5 Å². The molecule has 2 aromatic carbocycles. The molecule has 0 radical (unpaired) electrons. The van der Waals surface area contributed by atoms with Crippen LogP contribution in [0.2, 0.25) is 5.02 Å². The van der Waals surface area contributed by atoms with Crippen molar-refractivity contribution in [1.82, 2.24) is 4.98 Å². The number of carbonyl (C=O) groups excluding carboxylic acids is 1. The van der Waals surface area contributed by atoms with Crippen LogP contribution in [0.1, 0.15) is 21.5 Å². The van der Waals surface area contributed by atoms with Crippen molar-refractivity contribution in [2.24, 2.45) is 0 Å². The first-order chi connectivity index (χ1) is 14.5. The highest BCUT2D eigenvalue weighted by Crippen LogP contribution is 2.39. The second-order valence-electron chi connectivity index (χ2n) is 6.07. The van der Waals surface area contributed by atoms with Crippen LogP contribution in [-0.4, -0.2) is 23.6 Å². The Labute approximate surface area is 182 Å².